The highest BCUT2D eigenvalue weighted by molar-refractivity contribution is 7.19. The molecule has 1 amide bonds. The van der Waals surface area contributed by atoms with Crippen LogP contribution in [0.3, 0.4) is 0 Å². The van der Waals surface area contributed by atoms with Crippen LogP contribution in [0.1, 0.15) is 15.9 Å². The zero-order valence-corrected chi connectivity index (χ0v) is 13.5. The highest BCUT2D eigenvalue weighted by Gasteiger charge is 2.30. The summed E-state index contributed by atoms with van der Waals surface area (Å²) in [6.45, 7) is 0. The number of thiophene rings is 1. The van der Waals surface area contributed by atoms with Gasteiger partial charge in [0.05, 0.1) is 11.1 Å². The van der Waals surface area contributed by atoms with Gasteiger partial charge < -0.3 is 11.1 Å². The quantitative estimate of drug-likeness (QED) is 0.708. The number of halogens is 3. The number of carbonyl (C=O) groups is 1. The second kappa shape index (κ2) is 6.56. The zero-order valence-electron chi connectivity index (χ0n) is 12.7. The van der Waals surface area contributed by atoms with Crippen LogP contribution in [-0.2, 0) is 6.18 Å². The van der Waals surface area contributed by atoms with Gasteiger partial charge in [-0.05, 0) is 23.8 Å². The van der Waals surface area contributed by atoms with Gasteiger partial charge in [-0.3, -0.25) is 4.79 Å². The van der Waals surface area contributed by atoms with E-state index in [0.717, 1.165) is 28.8 Å². The number of nitrogens with zero attached hydrogens (tertiary/aromatic N) is 1. The summed E-state index contributed by atoms with van der Waals surface area (Å²) < 4.78 is 38.4. The SMILES string of the molecule is NC(=O)c1cc(-c2ccccc2)sc1Nc1cc(C(F)(F)F)ccn1. The normalized spacial score (nSPS) is 11.3. The van der Waals surface area contributed by atoms with Crippen molar-refractivity contribution in [3.8, 4) is 10.4 Å². The number of alkyl halides is 3. The fourth-order valence-corrected chi connectivity index (χ4v) is 3.28. The van der Waals surface area contributed by atoms with Gasteiger partial charge in [-0.25, -0.2) is 4.98 Å². The first-order chi connectivity index (χ1) is 11.8. The van der Waals surface area contributed by atoms with Crippen molar-refractivity contribution < 1.29 is 18.0 Å². The Bertz CT molecular complexity index is 907. The molecule has 25 heavy (non-hydrogen) atoms. The van der Waals surface area contributed by atoms with E-state index >= 15 is 0 Å². The Morgan fingerprint density at radius 1 is 1.12 bits per heavy atom. The molecule has 0 aliphatic carbocycles. The standard InChI is InChI=1S/C17H12F3N3OS/c18-17(19,20)11-6-7-22-14(8-11)23-16-12(15(21)24)9-13(25-16)10-4-2-1-3-5-10/h1-9H,(H2,21,24)(H,22,23). The number of carbonyl (C=O) groups excluding carboxylic acids is 1. The smallest absolute Gasteiger partial charge is 0.366 e. The van der Waals surface area contributed by atoms with Gasteiger partial charge in [0.25, 0.3) is 5.91 Å². The van der Waals surface area contributed by atoms with Crippen molar-refractivity contribution in [1.29, 1.82) is 0 Å². The number of nitrogens with two attached hydrogens (primary N) is 1. The van der Waals surface area contributed by atoms with E-state index < -0.39 is 17.6 Å². The van der Waals surface area contributed by atoms with Gasteiger partial charge in [-0.1, -0.05) is 30.3 Å². The summed E-state index contributed by atoms with van der Waals surface area (Å²) in [7, 11) is 0. The molecule has 2 heterocycles. The first-order valence-electron chi connectivity index (χ1n) is 7.14. The summed E-state index contributed by atoms with van der Waals surface area (Å²) in [6.07, 6.45) is -3.42. The predicted molar refractivity (Wildman–Crippen MR) is 90.8 cm³/mol. The summed E-state index contributed by atoms with van der Waals surface area (Å²) in [5.74, 6) is -0.688. The Kier molecular flexibility index (Phi) is 4.45. The van der Waals surface area contributed by atoms with Crippen LogP contribution in [0, 0.1) is 0 Å². The number of pyridine rings is 1. The van der Waals surface area contributed by atoms with Crippen molar-refractivity contribution in [2.45, 2.75) is 6.18 Å². The van der Waals surface area contributed by atoms with Crippen LogP contribution in [-0.4, -0.2) is 10.9 Å². The summed E-state index contributed by atoms with van der Waals surface area (Å²) in [5.41, 5.74) is 5.63. The Hall–Kier alpha value is -2.87. The van der Waals surface area contributed by atoms with E-state index in [0.29, 0.717) is 5.00 Å². The van der Waals surface area contributed by atoms with E-state index in [1.165, 1.54) is 11.3 Å². The minimum absolute atomic E-state index is 0.0150. The molecular formula is C17H12F3N3OS. The van der Waals surface area contributed by atoms with Gasteiger partial charge >= 0.3 is 6.18 Å². The Balaban J connectivity index is 1.97. The van der Waals surface area contributed by atoms with Gasteiger partial charge in [0.2, 0.25) is 0 Å². The molecule has 0 saturated heterocycles. The first kappa shape index (κ1) is 17.0. The molecule has 0 unspecified atom stereocenters. The molecule has 0 aliphatic rings. The number of hydrogen-bond acceptors (Lipinski definition) is 4. The third kappa shape index (κ3) is 3.80. The molecule has 4 nitrogen and oxygen atoms in total. The van der Waals surface area contributed by atoms with Gasteiger partial charge in [0.1, 0.15) is 10.8 Å². The van der Waals surface area contributed by atoms with Crippen molar-refractivity contribution in [2.24, 2.45) is 5.73 Å². The summed E-state index contributed by atoms with van der Waals surface area (Å²) in [6, 6.07) is 12.7. The largest absolute Gasteiger partial charge is 0.416 e. The molecule has 128 valence electrons. The lowest BCUT2D eigenvalue weighted by atomic mass is 10.1. The molecule has 3 aromatic rings. The Labute approximate surface area is 145 Å². The van der Waals surface area contributed by atoms with Crippen molar-refractivity contribution in [1.82, 2.24) is 4.98 Å². The van der Waals surface area contributed by atoms with Gasteiger partial charge in [-0.15, -0.1) is 11.3 Å². The molecule has 3 rings (SSSR count). The lowest BCUT2D eigenvalue weighted by molar-refractivity contribution is -0.137. The topological polar surface area (TPSA) is 68.0 Å². The van der Waals surface area contributed by atoms with E-state index in [4.69, 9.17) is 5.73 Å². The van der Waals surface area contributed by atoms with Crippen LogP contribution in [0.25, 0.3) is 10.4 Å². The molecule has 0 saturated carbocycles. The number of nitrogens with one attached hydrogen (secondary N) is 1. The Morgan fingerprint density at radius 3 is 2.48 bits per heavy atom. The second-order valence-electron chi connectivity index (χ2n) is 5.14. The van der Waals surface area contributed by atoms with Crippen LogP contribution in [0.15, 0.2) is 54.7 Å². The van der Waals surface area contributed by atoms with Crippen LogP contribution < -0.4 is 11.1 Å². The maximum Gasteiger partial charge on any atom is 0.416 e. The lowest BCUT2D eigenvalue weighted by Crippen LogP contribution is -2.12. The number of hydrogen-bond donors (Lipinski definition) is 2. The van der Waals surface area contributed by atoms with Crippen molar-refractivity contribution in [3.05, 3.63) is 65.9 Å². The molecule has 0 bridgehead atoms. The summed E-state index contributed by atoms with van der Waals surface area (Å²) in [5, 5.41) is 3.11. The molecule has 0 spiro atoms. The predicted octanol–water partition coefficient (Wildman–Crippen LogP) is 4.67. The van der Waals surface area contributed by atoms with Crippen LogP contribution >= 0.6 is 11.3 Å². The molecule has 2 aromatic heterocycles. The molecular weight excluding hydrogens is 351 g/mol. The Morgan fingerprint density at radius 2 is 1.84 bits per heavy atom. The number of benzene rings is 1. The van der Waals surface area contributed by atoms with Gasteiger partial charge in [0.15, 0.2) is 0 Å². The average molecular weight is 363 g/mol. The van der Waals surface area contributed by atoms with Crippen molar-refractivity contribution in [2.75, 3.05) is 5.32 Å². The van der Waals surface area contributed by atoms with Crippen LogP contribution in [0.5, 0.6) is 0 Å². The molecule has 0 atom stereocenters. The number of primary amides is 1. The average Bonchev–Trinajstić information content (AvgIpc) is 2.99. The number of rotatable bonds is 4. The molecule has 3 N–H and O–H groups in total. The maximum atomic E-state index is 12.8. The van der Waals surface area contributed by atoms with Crippen molar-refractivity contribution in [3.63, 3.8) is 0 Å². The van der Waals surface area contributed by atoms with Gasteiger partial charge in [0, 0.05) is 11.1 Å². The molecule has 1 aromatic carbocycles. The van der Waals surface area contributed by atoms with Crippen LogP contribution in [0.2, 0.25) is 0 Å². The highest BCUT2D eigenvalue weighted by atomic mass is 32.1. The molecule has 0 radical (unpaired) electrons. The summed E-state index contributed by atoms with van der Waals surface area (Å²) >= 11 is 1.22. The van der Waals surface area contributed by atoms with Gasteiger partial charge in [-0.2, -0.15) is 13.2 Å². The first-order valence-corrected chi connectivity index (χ1v) is 7.95. The second-order valence-corrected chi connectivity index (χ2v) is 6.19. The zero-order chi connectivity index (χ0) is 18.0. The summed E-state index contributed by atoms with van der Waals surface area (Å²) in [4.78, 5) is 16.3. The minimum Gasteiger partial charge on any atom is -0.366 e. The molecule has 0 aliphatic heterocycles. The van der Waals surface area contributed by atoms with Crippen LogP contribution in [0.4, 0.5) is 24.0 Å². The monoisotopic (exact) mass is 363 g/mol. The maximum absolute atomic E-state index is 12.8. The lowest BCUT2D eigenvalue weighted by Gasteiger charge is -2.09. The minimum atomic E-state index is -4.48. The van der Waals surface area contributed by atoms with E-state index in [9.17, 15) is 18.0 Å². The van der Waals surface area contributed by atoms with Crippen molar-refractivity contribution >= 4 is 28.1 Å². The molecule has 0 fully saturated rings. The third-order valence-corrected chi connectivity index (χ3v) is 4.48. The fraction of sp³-hybridized carbons (Fsp3) is 0.0588. The number of amides is 1. The van der Waals surface area contributed by atoms with E-state index in [1.54, 1.807) is 6.07 Å². The van der Waals surface area contributed by atoms with E-state index in [-0.39, 0.29) is 11.4 Å². The fourth-order valence-electron chi connectivity index (χ4n) is 2.20. The van der Waals surface area contributed by atoms with E-state index in [2.05, 4.69) is 10.3 Å². The number of aromatic nitrogens is 1. The third-order valence-electron chi connectivity index (χ3n) is 3.38. The molecule has 8 heteroatoms. The van der Waals surface area contributed by atoms with E-state index in [1.807, 2.05) is 30.3 Å². The highest BCUT2D eigenvalue weighted by Crippen LogP contribution is 2.37. The number of anilines is 2.